The maximum atomic E-state index is 4.72. The third-order valence-electron chi connectivity index (χ3n) is 5.26. The zero-order valence-electron chi connectivity index (χ0n) is 16.5. The van der Waals surface area contributed by atoms with E-state index < -0.39 is 0 Å². The summed E-state index contributed by atoms with van der Waals surface area (Å²) in [5, 5.41) is 2.39. The van der Waals surface area contributed by atoms with Crippen LogP contribution in [0.25, 0.3) is 33.3 Å². The van der Waals surface area contributed by atoms with Gasteiger partial charge in [0.1, 0.15) is 7.05 Å². The van der Waals surface area contributed by atoms with Crippen molar-refractivity contribution in [2.75, 3.05) is 0 Å². The summed E-state index contributed by atoms with van der Waals surface area (Å²) in [6.45, 7) is 8.50. The summed E-state index contributed by atoms with van der Waals surface area (Å²) in [5.41, 5.74) is 9.26. The molecule has 3 heteroatoms. The van der Waals surface area contributed by atoms with Crippen molar-refractivity contribution in [2.24, 2.45) is 7.05 Å². The largest absolute Gasteiger partial charge is 0.258 e. The first kappa shape index (κ1) is 17.3. The smallest absolute Gasteiger partial charge is 0.222 e. The van der Waals surface area contributed by atoms with E-state index in [2.05, 4.69) is 80.0 Å². The summed E-state index contributed by atoms with van der Waals surface area (Å²) in [4.78, 5) is 9.24. The molecule has 2 aromatic heterocycles. The molecule has 0 radical (unpaired) electrons. The van der Waals surface area contributed by atoms with Gasteiger partial charge < -0.3 is 0 Å². The minimum Gasteiger partial charge on any atom is -0.258 e. The van der Waals surface area contributed by atoms with Gasteiger partial charge in [-0.3, -0.25) is 9.97 Å². The molecule has 0 bridgehead atoms. The van der Waals surface area contributed by atoms with Crippen LogP contribution in [0.4, 0.5) is 0 Å². The van der Waals surface area contributed by atoms with Crippen molar-refractivity contribution in [1.82, 2.24) is 9.97 Å². The fourth-order valence-electron chi connectivity index (χ4n) is 3.81. The van der Waals surface area contributed by atoms with Crippen LogP contribution in [0.3, 0.4) is 0 Å². The number of pyridine rings is 1. The second-order valence-electron chi connectivity index (χ2n) is 7.35. The van der Waals surface area contributed by atoms with E-state index in [1.807, 2.05) is 19.3 Å². The van der Waals surface area contributed by atoms with Gasteiger partial charge in [-0.1, -0.05) is 29.8 Å². The van der Waals surface area contributed by atoms with Gasteiger partial charge in [0.25, 0.3) is 0 Å². The van der Waals surface area contributed by atoms with Gasteiger partial charge in [0, 0.05) is 17.0 Å². The monoisotopic (exact) mass is 354 g/mol. The lowest BCUT2D eigenvalue weighted by molar-refractivity contribution is -0.658. The number of hydrogen-bond donors (Lipinski definition) is 0. The van der Waals surface area contributed by atoms with Crippen LogP contribution in [-0.4, -0.2) is 9.97 Å². The fraction of sp³-hybridized carbons (Fsp3) is 0.208. The van der Waals surface area contributed by atoms with E-state index in [9.17, 15) is 0 Å². The minimum atomic E-state index is 0.904. The second-order valence-corrected chi connectivity index (χ2v) is 7.35. The predicted octanol–water partition coefficient (Wildman–Crippen LogP) is 5.02. The Hall–Kier alpha value is -3.07. The Morgan fingerprint density at radius 3 is 2.41 bits per heavy atom. The first-order chi connectivity index (χ1) is 13.0. The van der Waals surface area contributed by atoms with E-state index in [1.165, 1.54) is 38.7 Å². The average Bonchev–Trinajstić information content (AvgIpc) is 2.64. The summed E-state index contributed by atoms with van der Waals surface area (Å²) < 4.78 is 2.22. The van der Waals surface area contributed by atoms with Crippen LogP contribution >= 0.6 is 0 Å². The summed E-state index contributed by atoms with van der Waals surface area (Å²) in [5.74, 6) is 0. The van der Waals surface area contributed by atoms with Crippen LogP contribution in [0.1, 0.15) is 22.4 Å². The molecule has 134 valence electrons. The summed E-state index contributed by atoms with van der Waals surface area (Å²) >= 11 is 0. The Kier molecular flexibility index (Phi) is 4.23. The molecule has 0 unspecified atom stereocenters. The molecule has 4 rings (SSSR count). The lowest BCUT2D eigenvalue weighted by Gasteiger charge is -2.14. The third-order valence-corrected chi connectivity index (χ3v) is 5.26. The number of hydrogen-bond acceptors (Lipinski definition) is 2. The van der Waals surface area contributed by atoms with Crippen molar-refractivity contribution in [3.05, 3.63) is 77.4 Å². The normalized spacial score (nSPS) is 11.1. The van der Waals surface area contributed by atoms with Gasteiger partial charge in [-0.05, 0) is 51.0 Å². The summed E-state index contributed by atoms with van der Waals surface area (Å²) in [6, 6.07) is 13.0. The molecule has 0 aliphatic rings. The van der Waals surface area contributed by atoms with Crippen LogP contribution in [0, 0.1) is 27.7 Å². The van der Waals surface area contributed by atoms with Crippen molar-refractivity contribution in [2.45, 2.75) is 27.7 Å². The van der Waals surface area contributed by atoms with Gasteiger partial charge in [-0.25, -0.2) is 0 Å². The molecular weight excluding hydrogens is 330 g/mol. The van der Waals surface area contributed by atoms with Crippen LogP contribution < -0.4 is 4.57 Å². The Balaban J connectivity index is 2.17. The van der Waals surface area contributed by atoms with Gasteiger partial charge >= 0.3 is 0 Å². The maximum Gasteiger partial charge on any atom is 0.222 e. The van der Waals surface area contributed by atoms with E-state index >= 15 is 0 Å². The molecule has 2 aromatic carbocycles. The Morgan fingerprint density at radius 1 is 0.889 bits per heavy atom. The average molecular weight is 354 g/mol. The van der Waals surface area contributed by atoms with Gasteiger partial charge in [-0.2, -0.15) is 4.57 Å². The molecule has 4 aromatic rings. The second kappa shape index (κ2) is 6.58. The molecule has 0 spiro atoms. The molecule has 0 saturated carbocycles. The van der Waals surface area contributed by atoms with Crippen molar-refractivity contribution >= 4 is 10.8 Å². The minimum absolute atomic E-state index is 0.904. The number of nitrogens with zero attached hydrogens (tertiary/aromatic N) is 3. The molecular formula is C24H24N3+. The van der Waals surface area contributed by atoms with Crippen molar-refractivity contribution in [3.8, 4) is 22.5 Å². The lowest BCUT2D eigenvalue weighted by atomic mass is 9.92. The fourth-order valence-corrected chi connectivity index (χ4v) is 3.81. The van der Waals surface area contributed by atoms with E-state index in [1.54, 1.807) is 0 Å². The first-order valence-electron chi connectivity index (χ1n) is 9.24. The highest BCUT2D eigenvalue weighted by Crippen LogP contribution is 2.36. The van der Waals surface area contributed by atoms with E-state index in [0.717, 1.165) is 17.0 Å². The first-order valence-corrected chi connectivity index (χ1v) is 9.24. The van der Waals surface area contributed by atoms with Crippen LogP contribution in [0.15, 0.2) is 55.0 Å². The SMILES string of the molecule is Cc1cc(C)c(C)c(-c2c(-c3cnc(C)cn3)c3ccccc3c[n+]2C)c1. The highest BCUT2D eigenvalue weighted by Gasteiger charge is 2.24. The number of benzene rings is 2. The van der Waals surface area contributed by atoms with Crippen molar-refractivity contribution < 1.29 is 4.57 Å². The maximum absolute atomic E-state index is 4.72. The van der Waals surface area contributed by atoms with Crippen LogP contribution in [0.2, 0.25) is 0 Å². The molecule has 0 atom stereocenters. The summed E-state index contributed by atoms with van der Waals surface area (Å²) in [7, 11) is 2.12. The molecule has 3 nitrogen and oxygen atoms in total. The Labute approximate surface area is 160 Å². The number of fused-ring (bicyclic) bond motifs is 1. The number of rotatable bonds is 2. The highest BCUT2D eigenvalue weighted by atomic mass is 14.9. The molecule has 0 amide bonds. The van der Waals surface area contributed by atoms with Gasteiger partial charge in [0.05, 0.1) is 28.7 Å². The van der Waals surface area contributed by atoms with Gasteiger partial charge in [0.2, 0.25) is 5.69 Å². The molecule has 0 aliphatic carbocycles. The van der Waals surface area contributed by atoms with Crippen LogP contribution in [-0.2, 0) is 7.05 Å². The molecule has 27 heavy (non-hydrogen) atoms. The molecule has 0 fully saturated rings. The topological polar surface area (TPSA) is 29.7 Å². The lowest BCUT2D eigenvalue weighted by Crippen LogP contribution is -2.32. The molecule has 2 heterocycles. The van der Waals surface area contributed by atoms with E-state index in [-0.39, 0.29) is 0 Å². The van der Waals surface area contributed by atoms with Gasteiger partial charge in [-0.15, -0.1) is 0 Å². The van der Waals surface area contributed by atoms with E-state index in [4.69, 9.17) is 4.98 Å². The number of aromatic nitrogens is 3. The van der Waals surface area contributed by atoms with Crippen molar-refractivity contribution in [1.29, 1.82) is 0 Å². The van der Waals surface area contributed by atoms with E-state index in [0.29, 0.717) is 0 Å². The Morgan fingerprint density at radius 2 is 1.67 bits per heavy atom. The van der Waals surface area contributed by atoms with Gasteiger partial charge in [0.15, 0.2) is 6.20 Å². The highest BCUT2D eigenvalue weighted by molar-refractivity contribution is 6.00. The molecule has 0 saturated heterocycles. The third kappa shape index (κ3) is 2.99. The zero-order valence-corrected chi connectivity index (χ0v) is 16.5. The Bertz CT molecular complexity index is 1160. The quantitative estimate of drug-likeness (QED) is 0.473. The summed E-state index contributed by atoms with van der Waals surface area (Å²) in [6.07, 6.45) is 5.93. The van der Waals surface area contributed by atoms with Crippen molar-refractivity contribution in [3.63, 3.8) is 0 Å². The van der Waals surface area contributed by atoms with Crippen LogP contribution in [0.5, 0.6) is 0 Å². The molecule has 0 aliphatic heterocycles. The number of aryl methyl sites for hydroxylation is 4. The predicted molar refractivity (Wildman–Crippen MR) is 111 cm³/mol. The standard InChI is InChI=1S/C24H24N3/c1-15-10-16(2)18(4)21(11-15)24-23(22-13-25-17(3)12-26-22)20-9-7-6-8-19(20)14-27(24)5/h6-14H,1-5H3/q+1. The zero-order chi connectivity index (χ0) is 19.1. The molecule has 0 N–H and O–H groups in total.